The minimum atomic E-state index is -3.38. The Kier molecular flexibility index (Phi) is 3.84. The highest BCUT2D eigenvalue weighted by Gasteiger charge is 2.33. The van der Waals surface area contributed by atoms with Crippen molar-refractivity contribution in [1.82, 2.24) is 4.72 Å². The molecular weight excluding hydrogens is 260 g/mol. The molecule has 17 heavy (non-hydrogen) atoms. The van der Waals surface area contributed by atoms with Gasteiger partial charge in [-0.05, 0) is 25.0 Å². The number of sulfonamides is 1. The highest BCUT2D eigenvalue weighted by atomic mass is 32.2. The van der Waals surface area contributed by atoms with E-state index in [1.54, 1.807) is 19.2 Å². The molecule has 1 aromatic rings. The minimum absolute atomic E-state index is 0.00613. The number of nitrogens with two attached hydrogens (primary N) is 1. The third kappa shape index (κ3) is 2.86. The molecule has 0 aliphatic heterocycles. The summed E-state index contributed by atoms with van der Waals surface area (Å²) in [6, 6.07) is 3.34. The zero-order chi connectivity index (χ0) is 12.5. The average molecular weight is 276 g/mol. The van der Waals surface area contributed by atoms with Gasteiger partial charge in [0.2, 0.25) is 10.0 Å². The molecule has 1 fully saturated rings. The van der Waals surface area contributed by atoms with Crippen molar-refractivity contribution in [2.75, 3.05) is 7.11 Å². The van der Waals surface area contributed by atoms with Crippen LogP contribution in [0.25, 0.3) is 0 Å². The first-order valence-electron chi connectivity index (χ1n) is 5.39. The quantitative estimate of drug-likeness (QED) is 0.828. The fraction of sp³-hybridized carbons (Fsp3) is 0.600. The normalized spacial score (nSPS) is 24.6. The van der Waals surface area contributed by atoms with Crippen LogP contribution in [0.15, 0.2) is 16.3 Å². The highest BCUT2D eigenvalue weighted by Crippen LogP contribution is 2.26. The Labute approximate surface area is 105 Å². The van der Waals surface area contributed by atoms with E-state index in [0.717, 1.165) is 17.7 Å². The van der Waals surface area contributed by atoms with E-state index >= 15 is 0 Å². The van der Waals surface area contributed by atoms with Gasteiger partial charge in [0.1, 0.15) is 4.21 Å². The molecule has 2 rings (SSSR count). The van der Waals surface area contributed by atoms with E-state index < -0.39 is 10.0 Å². The summed E-state index contributed by atoms with van der Waals surface area (Å²) < 4.78 is 32.1. The molecule has 3 N–H and O–H groups in total. The van der Waals surface area contributed by atoms with Crippen LogP contribution in [-0.2, 0) is 21.3 Å². The SMILES string of the molecule is COC1CC(NS(=O)(=O)c2ccc(CN)s2)C1. The first-order chi connectivity index (χ1) is 8.05. The smallest absolute Gasteiger partial charge is 0.250 e. The molecular formula is C10H16N2O3S2. The summed E-state index contributed by atoms with van der Waals surface area (Å²) in [5.74, 6) is 0. The van der Waals surface area contributed by atoms with Gasteiger partial charge >= 0.3 is 0 Å². The van der Waals surface area contributed by atoms with Crippen molar-refractivity contribution >= 4 is 21.4 Å². The lowest BCUT2D eigenvalue weighted by Gasteiger charge is -2.34. The van der Waals surface area contributed by atoms with Gasteiger partial charge in [0, 0.05) is 24.6 Å². The first kappa shape index (κ1) is 13.0. The molecule has 1 aliphatic rings. The van der Waals surface area contributed by atoms with Crippen LogP contribution in [0, 0.1) is 0 Å². The maximum Gasteiger partial charge on any atom is 0.250 e. The second-order valence-corrected chi connectivity index (χ2v) is 7.18. The number of thiophene rings is 1. The summed E-state index contributed by atoms with van der Waals surface area (Å²) in [7, 11) is -1.74. The summed E-state index contributed by atoms with van der Waals surface area (Å²) in [4.78, 5) is 0.869. The fourth-order valence-corrected chi connectivity index (χ4v) is 4.26. The Hall–Kier alpha value is -0.470. The molecule has 1 aliphatic carbocycles. The van der Waals surface area contributed by atoms with Gasteiger partial charge in [-0.2, -0.15) is 0 Å². The van der Waals surface area contributed by atoms with E-state index in [1.165, 1.54) is 11.3 Å². The van der Waals surface area contributed by atoms with E-state index in [9.17, 15) is 8.42 Å². The zero-order valence-corrected chi connectivity index (χ0v) is 11.2. The van der Waals surface area contributed by atoms with E-state index in [0.29, 0.717) is 10.8 Å². The van der Waals surface area contributed by atoms with Gasteiger partial charge in [0.25, 0.3) is 0 Å². The number of ether oxygens (including phenoxy) is 1. The average Bonchev–Trinajstić information content (AvgIpc) is 2.71. The predicted molar refractivity (Wildman–Crippen MR) is 66.4 cm³/mol. The Morgan fingerprint density at radius 3 is 2.76 bits per heavy atom. The van der Waals surface area contributed by atoms with Gasteiger partial charge in [-0.15, -0.1) is 11.3 Å². The predicted octanol–water partition coefficient (Wildman–Crippen LogP) is 0.662. The van der Waals surface area contributed by atoms with Gasteiger partial charge in [-0.1, -0.05) is 0 Å². The van der Waals surface area contributed by atoms with Crippen LogP contribution in [0.3, 0.4) is 0 Å². The molecule has 7 heteroatoms. The van der Waals surface area contributed by atoms with Crippen LogP contribution in [0.2, 0.25) is 0 Å². The lowest BCUT2D eigenvalue weighted by atomic mass is 9.90. The van der Waals surface area contributed by atoms with Crippen molar-refractivity contribution in [2.45, 2.75) is 35.7 Å². The Balaban J connectivity index is 1.99. The Morgan fingerprint density at radius 1 is 1.53 bits per heavy atom. The third-order valence-electron chi connectivity index (χ3n) is 2.85. The lowest BCUT2D eigenvalue weighted by molar-refractivity contribution is 0.0236. The fourth-order valence-electron chi connectivity index (χ4n) is 1.74. The number of methoxy groups -OCH3 is 1. The van der Waals surface area contributed by atoms with Crippen LogP contribution < -0.4 is 10.5 Å². The maximum atomic E-state index is 12.0. The van der Waals surface area contributed by atoms with E-state index in [-0.39, 0.29) is 12.1 Å². The number of hydrogen-bond acceptors (Lipinski definition) is 5. The minimum Gasteiger partial charge on any atom is -0.381 e. The number of rotatable bonds is 5. The van der Waals surface area contributed by atoms with E-state index in [2.05, 4.69) is 4.72 Å². The van der Waals surface area contributed by atoms with Crippen molar-refractivity contribution in [2.24, 2.45) is 5.73 Å². The van der Waals surface area contributed by atoms with Crippen molar-refractivity contribution in [3.63, 3.8) is 0 Å². The molecule has 0 atom stereocenters. The molecule has 1 heterocycles. The monoisotopic (exact) mass is 276 g/mol. The van der Waals surface area contributed by atoms with Gasteiger partial charge in [0.15, 0.2) is 0 Å². The van der Waals surface area contributed by atoms with E-state index in [1.807, 2.05) is 0 Å². The van der Waals surface area contributed by atoms with Gasteiger partial charge < -0.3 is 10.5 Å². The van der Waals surface area contributed by atoms with Crippen LogP contribution in [0.1, 0.15) is 17.7 Å². The van der Waals surface area contributed by atoms with Crippen LogP contribution in [-0.4, -0.2) is 27.7 Å². The Morgan fingerprint density at radius 2 is 2.24 bits per heavy atom. The first-order valence-corrected chi connectivity index (χ1v) is 7.69. The lowest BCUT2D eigenvalue weighted by Crippen LogP contribution is -2.47. The second kappa shape index (κ2) is 5.03. The molecule has 96 valence electrons. The van der Waals surface area contributed by atoms with Crippen LogP contribution in [0.5, 0.6) is 0 Å². The van der Waals surface area contributed by atoms with Gasteiger partial charge in [0.05, 0.1) is 6.10 Å². The standard InChI is InChI=1S/C10H16N2O3S2/c1-15-8-4-7(5-8)12-17(13,14)10-3-2-9(6-11)16-10/h2-3,7-8,12H,4-6,11H2,1H3. The Bertz CT molecular complexity index is 477. The van der Waals surface area contributed by atoms with Crippen LogP contribution >= 0.6 is 11.3 Å². The van der Waals surface area contributed by atoms with Crippen LogP contribution in [0.4, 0.5) is 0 Å². The molecule has 5 nitrogen and oxygen atoms in total. The highest BCUT2D eigenvalue weighted by molar-refractivity contribution is 7.91. The number of nitrogens with one attached hydrogen (secondary N) is 1. The summed E-state index contributed by atoms with van der Waals surface area (Å²) in [5.41, 5.74) is 5.46. The van der Waals surface area contributed by atoms with Crippen molar-refractivity contribution in [1.29, 1.82) is 0 Å². The maximum absolute atomic E-state index is 12.0. The summed E-state index contributed by atoms with van der Waals surface area (Å²) >= 11 is 1.22. The van der Waals surface area contributed by atoms with E-state index in [4.69, 9.17) is 10.5 Å². The topological polar surface area (TPSA) is 81.4 Å². The van der Waals surface area contributed by atoms with Crippen molar-refractivity contribution < 1.29 is 13.2 Å². The molecule has 0 spiro atoms. The summed E-state index contributed by atoms with van der Waals surface area (Å²) in [6.07, 6.45) is 1.67. The van der Waals surface area contributed by atoms with Gasteiger partial charge in [-0.3, -0.25) is 0 Å². The molecule has 0 unspecified atom stereocenters. The molecule has 0 amide bonds. The number of hydrogen-bond donors (Lipinski definition) is 2. The molecule has 1 saturated carbocycles. The molecule has 0 aromatic carbocycles. The largest absolute Gasteiger partial charge is 0.381 e. The molecule has 1 aromatic heterocycles. The third-order valence-corrected chi connectivity index (χ3v) is 5.97. The summed E-state index contributed by atoms with van der Waals surface area (Å²) in [5, 5.41) is 0. The molecule has 0 saturated heterocycles. The molecule has 0 radical (unpaired) electrons. The van der Waals surface area contributed by atoms with Gasteiger partial charge in [-0.25, -0.2) is 13.1 Å². The summed E-state index contributed by atoms with van der Waals surface area (Å²) in [6.45, 7) is 0.370. The second-order valence-electron chi connectivity index (χ2n) is 4.07. The van der Waals surface area contributed by atoms with Crippen molar-refractivity contribution in [3.8, 4) is 0 Å². The van der Waals surface area contributed by atoms with Crippen molar-refractivity contribution in [3.05, 3.63) is 17.0 Å². The zero-order valence-electron chi connectivity index (χ0n) is 9.55. The molecule has 0 bridgehead atoms.